The molecule has 1 amide bonds. The van der Waals surface area contributed by atoms with Crippen LogP contribution in [-0.4, -0.2) is 42.5 Å². The lowest BCUT2D eigenvalue weighted by atomic mass is 10.6. The standard InChI is InChI=1S/C7H12N2O/c1-4-7(10)9-5-6(9)8(2)3/h4,6H,1,5H2,2-3H3. The first-order valence-electron chi connectivity index (χ1n) is 3.26. The van der Waals surface area contributed by atoms with Crippen molar-refractivity contribution in [2.75, 3.05) is 20.6 Å². The van der Waals surface area contributed by atoms with Crippen molar-refractivity contribution in [3.05, 3.63) is 12.7 Å². The molecular weight excluding hydrogens is 128 g/mol. The van der Waals surface area contributed by atoms with Crippen LogP contribution in [0.4, 0.5) is 0 Å². The van der Waals surface area contributed by atoms with Gasteiger partial charge in [-0.15, -0.1) is 0 Å². The molecule has 1 unspecified atom stereocenters. The van der Waals surface area contributed by atoms with E-state index in [9.17, 15) is 4.79 Å². The minimum Gasteiger partial charge on any atom is -0.318 e. The summed E-state index contributed by atoms with van der Waals surface area (Å²) in [5, 5.41) is 0. The smallest absolute Gasteiger partial charge is 0.247 e. The SMILES string of the molecule is C=CC(=O)N1CC1N(C)C. The molecule has 1 rings (SSSR count). The highest BCUT2D eigenvalue weighted by atomic mass is 16.2. The van der Waals surface area contributed by atoms with Gasteiger partial charge in [0.1, 0.15) is 6.17 Å². The molecule has 0 aromatic heterocycles. The predicted octanol–water partition coefficient (Wildman–Crippen LogP) is -0.0977. The predicted molar refractivity (Wildman–Crippen MR) is 39.4 cm³/mol. The van der Waals surface area contributed by atoms with Gasteiger partial charge in [-0.1, -0.05) is 6.58 Å². The quantitative estimate of drug-likeness (QED) is 0.395. The van der Waals surface area contributed by atoms with Gasteiger partial charge < -0.3 is 4.90 Å². The number of hydrogen-bond donors (Lipinski definition) is 0. The highest BCUT2D eigenvalue weighted by molar-refractivity contribution is 5.89. The number of hydrogen-bond acceptors (Lipinski definition) is 2. The molecule has 1 aliphatic heterocycles. The van der Waals surface area contributed by atoms with Gasteiger partial charge in [-0.3, -0.25) is 9.69 Å². The van der Waals surface area contributed by atoms with Crippen molar-refractivity contribution in [3.8, 4) is 0 Å². The van der Waals surface area contributed by atoms with E-state index in [4.69, 9.17) is 0 Å². The van der Waals surface area contributed by atoms with Crippen LogP contribution in [0.5, 0.6) is 0 Å². The molecule has 1 heterocycles. The average molecular weight is 140 g/mol. The third-order valence-electron chi connectivity index (χ3n) is 1.64. The van der Waals surface area contributed by atoms with Crippen LogP contribution in [0.25, 0.3) is 0 Å². The second kappa shape index (κ2) is 2.42. The van der Waals surface area contributed by atoms with Crippen LogP contribution >= 0.6 is 0 Å². The Labute approximate surface area is 60.9 Å². The lowest BCUT2D eigenvalue weighted by Gasteiger charge is -2.07. The first kappa shape index (κ1) is 7.28. The Morgan fingerprint density at radius 1 is 1.80 bits per heavy atom. The van der Waals surface area contributed by atoms with E-state index in [-0.39, 0.29) is 5.91 Å². The lowest BCUT2D eigenvalue weighted by Crippen LogP contribution is -2.22. The fourth-order valence-corrected chi connectivity index (χ4v) is 0.925. The Morgan fingerprint density at radius 3 is 2.70 bits per heavy atom. The van der Waals surface area contributed by atoms with Crippen LogP contribution in [0.2, 0.25) is 0 Å². The molecule has 10 heavy (non-hydrogen) atoms. The van der Waals surface area contributed by atoms with Crippen LogP contribution in [0.15, 0.2) is 12.7 Å². The Morgan fingerprint density at radius 2 is 2.40 bits per heavy atom. The zero-order valence-corrected chi connectivity index (χ0v) is 6.37. The van der Waals surface area contributed by atoms with E-state index in [1.54, 1.807) is 4.90 Å². The van der Waals surface area contributed by atoms with Crippen molar-refractivity contribution in [2.45, 2.75) is 6.17 Å². The molecule has 0 aliphatic carbocycles. The summed E-state index contributed by atoms with van der Waals surface area (Å²) in [5.74, 6) is 0.0266. The molecule has 0 radical (unpaired) electrons. The Kier molecular flexibility index (Phi) is 1.76. The number of amides is 1. The van der Waals surface area contributed by atoms with Crippen molar-refractivity contribution in [1.82, 2.24) is 9.80 Å². The van der Waals surface area contributed by atoms with Crippen molar-refractivity contribution < 1.29 is 4.79 Å². The number of nitrogens with zero attached hydrogens (tertiary/aromatic N) is 2. The summed E-state index contributed by atoms with van der Waals surface area (Å²) >= 11 is 0. The zero-order valence-electron chi connectivity index (χ0n) is 6.37. The molecule has 1 fully saturated rings. The molecule has 3 nitrogen and oxygen atoms in total. The van der Waals surface area contributed by atoms with Gasteiger partial charge >= 0.3 is 0 Å². The van der Waals surface area contributed by atoms with Gasteiger partial charge in [0.2, 0.25) is 5.91 Å². The topological polar surface area (TPSA) is 23.3 Å². The molecule has 1 atom stereocenters. The van der Waals surface area contributed by atoms with Crippen LogP contribution in [0.3, 0.4) is 0 Å². The molecule has 0 N–H and O–H groups in total. The molecule has 0 aromatic rings. The monoisotopic (exact) mass is 140 g/mol. The van der Waals surface area contributed by atoms with E-state index < -0.39 is 0 Å². The first-order valence-corrected chi connectivity index (χ1v) is 3.26. The summed E-state index contributed by atoms with van der Waals surface area (Å²) in [5.41, 5.74) is 0. The average Bonchev–Trinajstić information content (AvgIpc) is 2.64. The minimum atomic E-state index is 0.0266. The van der Waals surface area contributed by atoms with Gasteiger partial charge in [0.25, 0.3) is 0 Å². The molecule has 56 valence electrons. The third kappa shape index (κ3) is 1.19. The van der Waals surface area contributed by atoms with E-state index in [1.165, 1.54) is 6.08 Å². The number of rotatable bonds is 2. The summed E-state index contributed by atoms with van der Waals surface area (Å²) in [7, 11) is 3.92. The van der Waals surface area contributed by atoms with Gasteiger partial charge in [-0.25, -0.2) is 0 Å². The summed E-state index contributed by atoms with van der Waals surface area (Å²) in [6.07, 6.45) is 1.66. The van der Waals surface area contributed by atoms with Crippen molar-refractivity contribution in [1.29, 1.82) is 0 Å². The Bertz CT molecular complexity index is 165. The molecule has 1 aliphatic rings. The van der Waals surface area contributed by atoms with E-state index in [2.05, 4.69) is 6.58 Å². The first-order chi connectivity index (χ1) is 4.66. The van der Waals surface area contributed by atoms with E-state index in [0.717, 1.165) is 6.54 Å². The summed E-state index contributed by atoms with van der Waals surface area (Å²) < 4.78 is 0. The second-order valence-electron chi connectivity index (χ2n) is 2.64. The number of carbonyl (C=O) groups is 1. The maximum atomic E-state index is 10.9. The van der Waals surface area contributed by atoms with Gasteiger partial charge in [0.15, 0.2) is 0 Å². The Balaban J connectivity index is 2.38. The van der Waals surface area contributed by atoms with Crippen molar-refractivity contribution >= 4 is 5.91 Å². The van der Waals surface area contributed by atoms with Gasteiger partial charge in [0.05, 0.1) is 6.54 Å². The summed E-state index contributed by atoms with van der Waals surface area (Å²) in [4.78, 5) is 14.6. The molecule has 3 heteroatoms. The van der Waals surface area contributed by atoms with Gasteiger partial charge in [-0.2, -0.15) is 0 Å². The largest absolute Gasteiger partial charge is 0.318 e. The summed E-state index contributed by atoms with van der Waals surface area (Å²) in [6.45, 7) is 4.25. The van der Waals surface area contributed by atoms with Gasteiger partial charge in [-0.05, 0) is 20.2 Å². The van der Waals surface area contributed by atoms with Crippen molar-refractivity contribution in [3.63, 3.8) is 0 Å². The maximum Gasteiger partial charge on any atom is 0.247 e. The number of carbonyl (C=O) groups excluding carboxylic acids is 1. The molecular formula is C7H12N2O. The minimum absolute atomic E-state index is 0.0266. The molecule has 0 bridgehead atoms. The van der Waals surface area contributed by atoms with Crippen LogP contribution in [0.1, 0.15) is 0 Å². The van der Waals surface area contributed by atoms with Crippen molar-refractivity contribution in [2.24, 2.45) is 0 Å². The highest BCUT2D eigenvalue weighted by Gasteiger charge is 2.38. The molecule has 0 saturated carbocycles. The van der Waals surface area contributed by atoms with Crippen LogP contribution < -0.4 is 0 Å². The zero-order chi connectivity index (χ0) is 7.72. The fourth-order valence-electron chi connectivity index (χ4n) is 0.925. The lowest BCUT2D eigenvalue weighted by molar-refractivity contribution is -0.121. The summed E-state index contributed by atoms with van der Waals surface area (Å²) in [6, 6.07) is 0. The van der Waals surface area contributed by atoms with Crippen LogP contribution in [0, 0.1) is 0 Å². The van der Waals surface area contributed by atoms with E-state index >= 15 is 0 Å². The number of likely N-dealkylation sites (N-methyl/N-ethyl adjacent to an activating group) is 1. The van der Waals surface area contributed by atoms with Crippen LogP contribution in [-0.2, 0) is 4.79 Å². The maximum absolute atomic E-state index is 10.9. The third-order valence-corrected chi connectivity index (χ3v) is 1.64. The molecule has 1 saturated heterocycles. The van der Waals surface area contributed by atoms with E-state index in [1.807, 2.05) is 19.0 Å². The highest BCUT2D eigenvalue weighted by Crippen LogP contribution is 2.18. The Hall–Kier alpha value is -0.830. The second-order valence-corrected chi connectivity index (χ2v) is 2.64. The normalized spacial score (nSPS) is 23.1. The molecule has 0 spiro atoms. The van der Waals surface area contributed by atoms with Gasteiger partial charge in [0, 0.05) is 0 Å². The fraction of sp³-hybridized carbons (Fsp3) is 0.571. The molecule has 0 aromatic carbocycles. The van der Waals surface area contributed by atoms with E-state index in [0.29, 0.717) is 6.17 Å².